The average molecular weight is 278 g/mol. The van der Waals surface area contributed by atoms with Gasteiger partial charge in [0.1, 0.15) is 11.4 Å². The van der Waals surface area contributed by atoms with Gasteiger partial charge in [0.05, 0.1) is 12.4 Å². The zero-order chi connectivity index (χ0) is 15.0. The predicted molar refractivity (Wildman–Crippen MR) is 78.7 cm³/mol. The molecule has 1 radical (unpaired) electrons. The molecule has 0 unspecified atom stereocenters. The molecule has 2 heterocycles. The Morgan fingerprint density at radius 2 is 2.14 bits per heavy atom. The first-order valence-electron chi connectivity index (χ1n) is 6.32. The third kappa shape index (κ3) is 2.18. The molecule has 103 valence electrons. The molecule has 3 rings (SSSR count). The van der Waals surface area contributed by atoms with E-state index >= 15 is 0 Å². The fraction of sp³-hybridized carbons (Fsp3) is 0.0625. The van der Waals surface area contributed by atoms with Crippen LogP contribution in [-0.2, 0) is 0 Å². The normalized spacial score (nSPS) is 10.7. The zero-order valence-electron chi connectivity index (χ0n) is 11.3. The van der Waals surface area contributed by atoms with Gasteiger partial charge in [-0.3, -0.25) is 9.78 Å². The number of nitrogens with two attached hydrogens (primary N) is 1. The third-order valence-electron chi connectivity index (χ3n) is 3.44. The summed E-state index contributed by atoms with van der Waals surface area (Å²) in [5.41, 5.74) is 7.88. The first-order chi connectivity index (χ1) is 10.1. The van der Waals surface area contributed by atoms with Crippen LogP contribution in [0.2, 0.25) is 0 Å². The van der Waals surface area contributed by atoms with Crippen molar-refractivity contribution in [2.45, 2.75) is 6.92 Å². The maximum absolute atomic E-state index is 11.5. The second kappa shape index (κ2) is 4.86. The Morgan fingerprint density at radius 3 is 2.90 bits per heavy atom. The van der Waals surface area contributed by atoms with Gasteiger partial charge in [0.15, 0.2) is 0 Å². The number of amides is 1. The molecule has 0 saturated heterocycles. The van der Waals surface area contributed by atoms with E-state index in [4.69, 9.17) is 5.73 Å². The minimum atomic E-state index is -0.597. The number of benzene rings is 1. The maximum atomic E-state index is 11.5. The topological polar surface area (TPSA) is 89.1 Å². The molecule has 0 atom stereocenters. The number of carbonyl (C=O) groups excluding carboxylic acids is 1. The number of carbonyl (C=O) groups is 1. The Bertz CT molecular complexity index is 859. The Balaban J connectivity index is 2.28. The summed E-state index contributed by atoms with van der Waals surface area (Å²) >= 11 is 0. The van der Waals surface area contributed by atoms with Gasteiger partial charge >= 0.3 is 0 Å². The number of nitrogens with zero attached hydrogens (tertiary/aromatic N) is 2. The molecule has 5 heteroatoms. The molecule has 21 heavy (non-hydrogen) atoms. The van der Waals surface area contributed by atoms with Gasteiger partial charge in [-0.1, -0.05) is 12.1 Å². The lowest BCUT2D eigenvalue weighted by atomic mass is 9.98. The lowest BCUT2D eigenvalue weighted by Crippen LogP contribution is -2.13. The van der Waals surface area contributed by atoms with Gasteiger partial charge in [-0.2, -0.15) is 0 Å². The standard InChI is InChI=1S/C16H12N3O2/c1-9-13(7-18-8-14(9)20)11-3-2-10-4-5-19-15(16(17)21)12(10)6-11/h2-4,6-8,20H,1H3,(H2,17,21). The molecule has 3 aromatic rings. The molecule has 0 aliphatic rings. The van der Waals surface area contributed by atoms with Crippen LogP contribution in [0.1, 0.15) is 16.1 Å². The fourth-order valence-electron chi connectivity index (χ4n) is 2.27. The summed E-state index contributed by atoms with van der Waals surface area (Å²) in [5.74, 6) is -0.470. The van der Waals surface area contributed by atoms with E-state index in [-0.39, 0.29) is 11.4 Å². The summed E-state index contributed by atoms with van der Waals surface area (Å²) in [6, 6.07) is 7.27. The predicted octanol–water partition coefficient (Wildman–Crippen LogP) is 2.21. The molecule has 1 amide bonds. The molecule has 5 nitrogen and oxygen atoms in total. The van der Waals surface area contributed by atoms with Crippen LogP contribution >= 0.6 is 0 Å². The third-order valence-corrected chi connectivity index (χ3v) is 3.44. The highest BCUT2D eigenvalue weighted by molar-refractivity contribution is 6.05. The van der Waals surface area contributed by atoms with E-state index in [1.807, 2.05) is 25.1 Å². The number of hydrogen-bond acceptors (Lipinski definition) is 4. The summed E-state index contributed by atoms with van der Waals surface area (Å²) in [4.78, 5) is 19.4. The first kappa shape index (κ1) is 13.1. The number of fused-ring (bicyclic) bond motifs is 1. The number of rotatable bonds is 2. The molecular weight excluding hydrogens is 266 g/mol. The van der Waals surface area contributed by atoms with Crippen molar-refractivity contribution < 1.29 is 9.90 Å². The lowest BCUT2D eigenvalue weighted by molar-refractivity contribution is 0.0997. The Morgan fingerprint density at radius 1 is 1.33 bits per heavy atom. The largest absolute Gasteiger partial charge is 0.506 e. The molecule has 3 N–H and O–H groups in total. The van der Waals surface area contributed by atoms with E-state index in [1.165, 1.54) is 6.20 Å². The van der Waals surface area contributed by atoms with E-state index in [9.17, 15) is 9.90 Å². The molecule has 0 fully saturated rings. The average Bonchev–Trinajstić information content (AvgIpc) is 2.48. The van der Waals surface area contributed by atoms with Crippen molar-refractivity contribution in [3.05, 3.63) is 54.1 Å². The van der Waals surface area contributed by atoms with Gasteiger partial charge in [-0.25, -0.2) is 4.98 Å². The quantitative estimate of drug-likeness (QED) is 0.752. The number of primary amides is 1. The number of aromatic nitrogens is 2. The highest BCUT2D eigenvalue weighted by Gasteiger charge is 2.11. The van der Waals surface area contributed by atoms with Gasteiger partial charge in [0.2, 0.25) is 0 Å². The van der Waals surface area contributed by atoms with E-state index in [0.29, 0.717) is 5.39 Å². The van der Waals surface area contributed by atoms with Crippen molar-refractivity contribution >= 4 is 16.7 Å². The maximum Gasteiger partial charge on any atom is 0.267 e. The summed E-state index contributed by atoms with van der Waals surface area (Å²) < 4.78 is 0. The summed E-state index contributed by atoms with van der Waals surface area (Å²) in [5, 5.41) is 11.2. The zero-order valence-corrected chi connectivity index (χ0v) is 11.3. The molecule has 0 spiro atoms. The van der Waals surface area contributed by atoms with Gasteiger partial charge in [0.25, 0.3) is 5.91 Å². The van der Waals surface area contributed by atoms with Gasteiger partial charge in [-0.05, 0) is 30.0 Å². The fourth-order valence-corrected chi connectivity index (χ4v) is 2.27. The number of hydrogen-bond donors (Lipinski definition) is 2. The highest BCUT2D eigenvalue weighted by Crippen LogP contribution is 2.30. The summed E-state index contributed by atoms with van der Waals surface area (Å²) in [6.07, 6.45) is 5.73. The Labute approximate surface area is 121 Å². The van der Waals surface area contributed by atoms with Gasteiger partial charge < -0.3 is 10.8 Å². The van der Waals surface area contributed by atoms with Crippen LogP contribution in [-0.4, -0.2) is 21.0 Å². The van der Waals surface area contributed by atoms with Crippen molar-refractivity contribution in [1.82, 2.24) is 9.97 Å². The summed E-state index contributed by atoms with van der Waals surface area (Å²) in [6.45, 7) is 1.81. The second-order valence-corrected chi connectivity index (χ2v) is 4.73. The van der Waals surface area contributed by atoms with E-state index in [1.54, 1.807) is 12.3 Å². The van der Waals surface area contributed by atoms with Crippen LogP contribution in [0.3, 0.4) is 0 Å². The number of pyridine rings is 2. The van der Waals surface area contributed by atoms with Crippen molar-refractivity contribution in [1.29, 1.82) is 0 Å². The molecule has 0 aliphatic heterocycles. The molecule has 0 saturated carbocycles. The molecule has 0 bridgehead atoms. The summed E-state index contributed by atoms with van der Waals surface area (Å²) in [7, 11) is 0. The highest BCUT2D eigenvalue weighted by atomic mass is 16.3. The van der Waals surface area contributed by atoms with E-state index in [0.717, 1.165) is 22.1 Å². The van der Waals surface area contributed by atoms with Gasteiger partial charge in [-0.15, -0.1) is 0 Å². The van der Waals surface area contributed by atoms with Crippen molar-refractivity contribution in [3.8, 4) is 16.9 Å². The van der Waals surface area contributed by atoms with E-state index in [2.05, 4.69) is 16.2 Å². The van der Waals surface area contributed by atoms with Crippen molar-refractivity contribution in [2.24, 2.45) is 5.73 Å². The lowest BCUT2D eigenvalue weighted by Gasteiger charge is -2.09. The van der Waals surface area contributed by atoms with Crippen LogP contribution < -0.4 is 5.73 Å². The molecule has 0 aliphatic carbocycles. The minimum Gasteiger partial charge on any atom is -0.506 e. The van der Waals surface area contributed by atoms with Crippen LogP contribution in [0.4, 0.5) is 0 Å². The van der Waals surface area contributed by atoms with Crippen LogP contribution in [0, 0.1) is 13.1 Å². The minimum absolute atomic E-state index is 0.127. The Kier molecular flexibility index (Phi) is 3.02. The van der Waals surface area contributed by atoms with Crippen LogP contribution in [0.5, 0.6) is 5.75 Å². The Hall–Kier alpha value is -2.95. The van der Waals surface area contributed by atoms with Crippen LogP contribution in [0.25, 0.3) is 21.9 Å². The first-order valence-corrected chi connectivity index (χ1v) is 6.32. The molecule has 2 aromatic heterocycles. The van der Waals surface area contributed by atoms with Crippen molar-refractivity contribution in [2.75, 3.05) is 0 Å². The molecular formula is C16H12N3O2. The van der Waals surface area contributed by atoms with Crippen LogP contribution in [0.15, 0.2) is 36.7 Å². The van der Waals surface area contributed by atoms with E-state index < -0.39 is 5.91 Å². The smallest absolute Gasteiger partial charge is 0.267 e. The van der Waals surface area contributed by atoms with Crippen molar-refractivity contribution in [3.63, 3.8) is 0 Å². The SMILES string of the molecule is Cc1c(O)cncc1-c1ccc2c[c]nc(C(N)=O)c2c1. The second-order valence-electron chi connectivity index (χ2n) is 4.73. The monoisotopic (exact) mass is 278 g/mol. The number of aromatic hydroxyl groups is 1. The molecule has 1 aromatic carbocycles. The van der Waals surface area contributed by atoms with Gasteiger partial charge in [0, 0.05) is 22.7 Å².